The van der Waals surface area contributed by atoms with Gasteiger partial charge in [-0.15, -0.1) is 0 Å². The van der Waals surface area contributed by atoms with Gasteiger partial charge >= 0.3 is 6.09 Å². The van der Waals surface area contributed by atoms with Crippen LogP contribution >= 0.6 is 0 Å². The average Bonchev–Trinajstić information content (AvgIpc) is 3.02. The van der Waals surface area contributed by atoms with E-state index < -0.39 is 5.60 Å². The molecule has 1 aromatic carbocycles. The lowest BCUT2D eigenvalue weighted by Gasteiger charge is -2.41. The van der Waals surface area contributed by atoms with Crippen molar-refractivity contribution in [1.82, 2.24) is 25.0 Å². The summed E-state index contributed by atoms with van der Waals surface area (Å²) in [4.78, 5) is 50.9. The summed E-state index contributed by atoms with van der Waals surface area (Å²) in [5.74, 6) is 6.52. The number of ether oxygens (including phenoxy) is 1. The molecule has 1 saturated heterocycles. The quantitative estimate of drug-likeness (QED) is 0.391. The molecule has 0 spiro atoms. The zero-order valence-corrected chi connectivity index (χ0v) is 30.6. The van der Waals surface area contributed by atoms with E-state index in [2.05, 4.69) is 56.9 Å². The number of H-pyrrole nitrogens is 1. The van der Waals surface area contributed by atoms with Crippen LogP contribution in [0.5, 0.6) is 0 Å². The molecule has 1 aliphatic heterocycles. The molecule has 4 rings (SSSR count). The van der Waals surface area contributed by atoms with E-state index in [1.165, 1.54) is 0 Å². The Morgan fingerprint density at radius 3 is 2.27 bits per heavy atom. The smallest absolute Gasteiger partial charge is 0.410 e. The number of piperazine rings is 1. The fourth-order valence-corrected chi connectivity index (χ4v) is 6.80. The Hall–Kier alpha value is -3.81. The van der Waals surface area contributed by atoms with Crippen LogP contribution in [0.15, 0.2) is 23.0 Å². The average molecular weight is 661 g/mol. The molecular formula is C38H56N6O4. The molecule has 262 valence electrons. The number of aryl methyl sites for hydroxylation is 2. The number of carbonyl (C=O) groups excluding carboxylic acids is 2. The van der Waals surface area contributed by atoms with Gasteiger partial charge in [0, 0.05) is 86.5 Å². The largest absolute Gasteiger partial charge is 0.444 e. The van der Waals surface area contributed by atoms with Crippen molar-refractivity contribution in [3.8, 4) is 11.8 Å². The lowest BCUT2D eigenvalue weighted by atomic mass is 9.88. The van der Waals surface area contributed by atoms with Crippen molar-refractivity contribution in [2.24, 2.45) is 0 Å². The van der Waals surface area contributed by atoms with E-state index >= 15 is 0 Å². The molecule has 2 amide bonds. The van der Waals surface area contributed by atoms with E-state index in [0.717, 1.165) is 86.5 Å². The lowest BCUT2D eigenvalue weighted by Crippen LogP contribution is -2.46. The maximum atomic E-state index is 13.8. The molecule has 1 saturated carbocycles. The first-order valence-corrected chi connectivity index (χ1v) is 17.4. The van der Waals surface area contributed by atoms with Crippen LogP contribution in [0, 0.1) is 32.6 Å². The molecule has 0 atom stereocenters. The van der Waals surface area contributed by atoms with E-state index in [0.29, 0.717) is 17.7 Å². The number of hydrogen-bond acceptors (Lipinski definition) is 7. The summed E-state index contributed by atoms with van der Waals surface area (Å²) < 4.78 is 5.63. The summed E-state index contributed by atoms with van der Waals surface area (Å²) in [5, 5.41) is 3.02. The van der Waals surface area contributed by atoms with E-state index in [9.17, 15) is 14.4 Å². The Labute approximate surface area is 287 Å². The summed E-state index contributed by atoms with van der Waals surface area (Å²) in [6.45, 7) is 19.2. The Balaban J connectivity index is 1.58. The molecule has 48 heavy (non-hydrogen) atoms. The topological polar surface area (TPSA) is 101 Å². The Morgan fingerprint density at radius 1 is 1.02 bits per heavy atom. The van der Waals surface area contributed by atoms with Crippen molar-refractivity contribution >= 4 is 17.7 Å². The summed E-state index contributed by atoms with van der Waals surface area (Å²) >= 11 is 0. The van der Waals surface area contributed by atoms with E-state index in [1.807, 2.05) is 60.7 Å². The minimum atomic E-state index is -0.532. The number of likely N-dealkylation sites (N-methyl/N-ethyl adjacent to an activating group) is 1. The predicted molar refractivity (Wildman–Crippen MR) is 193 cm³/mol. The third-order valence-corrected chi connectivity index (χ3v) is 9.66. The van der Waals surface area contributed by atoms with Gasteiger partial charge in [0.05, 0.1) is 6.54 Å². The Bertz CT molecular complexity index is 1570. The number of aromatic nitrogens is 1. The van der Waals surface area contributed by atoms with Crippen LogP contribution < -0.4 is 15.8 Å². The minimum Gasteiger partial charge on any atom is -0.444 e. The van der Waals surface area contributed by atoms with Gasteiger partial charge in [0.2, 0.25) is 0 Å². The van der Waals surface area contributed by atoms with Crippen LogP contribution in [0.2, 0.25) is 0 Å². The Morgan fingerprint density at radius 2 is 1.67 bits per heavy atom. The standard InChI is InChI=1S/C38H56N6O4/c1-10-44(31-15-13-30(14-16-31)42(9)37(47)48-38(5,6)7)34-24-29(12-11-17-43-20-18-41(8)19-21-43)23-32(28(34)4)35(45)39-25-33-26(2)22-27(3)40-36(33)46/h22-24,30-31H,10,13-21,25H2,1-9H3,(H,39,45)(H,40,46)/t30-,31-. The van der Waals surface area contributed by atoms with Crippen LogP contribution in [0.25, 0.3) is 0 Å². The monoisotopic (exact) mass is 660 g/mol. The summed E-state index contributed by atoms with van der Waals surface area (Å²) in [6.07, 6.45) is 3.30. The van der Waals surface area contributed by atoms with Gasteiger partial charge in [-0.25, -0.2) is 4.79 Å². The molecule has 2 aliphatic rings. The molecule has 2 N–H and O–H groups in total. The number of rotatable bonds is 8. The second-order valence-corrected chi connectivity index (χ2v) is 14.5. The third-order valence-electron chi connectivity index (χ3n) is 9.66. The second kappa shape index (κ2) is 16.1. The van der Waals surface area contributed by atoms with Crippen molar-refractivity contribution < 1.29 is 14.3 Å². The normalized spacial score (nSPS) is 18.9. The van der Waals surface area contributed by atoms with Crippen molar-refractivity contribution in [1.29, 1.82) is 0 Å². The molecule has 0 bridgehead atoms. The highest BCUT2D eigenvalue weighted by Gasteiger charge is 2.32. The van der Waals surface area contributed by atoms with Gasteiger partial charge < -0.3 is 29.7 Å². The first-order chi connectivity index (χ1) is 22.7. The predicted octanol–water partition coefficient (Wildman–Crippen LogP) is 4.83. The van der Waals surface area contributed by atoms with Crippen molar-refractivity contribution in [3.05, 3.63) is 62.1 Å². The van der Waals surface area contributed by atoms with E-state index in [1.54, 1.807) is 4.90 Å². The van der Waals surface area contributed by atoms with Crippen molar-refractivity contribution in [2.75, 3.05) is 58.3 Å². The first kappa shape index (κ1) is 37.0. The molecule has 2 heterocycles. The van der Waals surface area contributed by atoms with Gasteiger partial charge in [-0.2, -0.15) is 0 Å². The zero-order valence-electron chi connectivity index (χ0n) is 30.6. The van der Waals surface area contributed by atoms with Crippen LogP contribution in [0.4, 0.5) is 10.5 Å². The van der Waals surface area contributed by atoms with Crippen molar-refractivity contribution in [3.63, 3.8) is 0 Å². The zero-order chi connectivity index (χ0) is 35.2. The highest BCUT2D eigenvalue weighted by molar-refractivity contribution is 5.97. The van der Waals surface area contributed by atoms with Crippen LogP contribution in [0.3, 0.4) is 0 Å². The van der Waals surface area contributed by atoms with Crippen molar-refractivity contribution in [2.45, 2.75) is 98.4 Å². The number of aromatic amines is 1. The second-order valence-electron chi connectivity index (χ2n) is 14.5. The maximum absolute atomic E-state index is 13.8. The molecular weight excluding hydrogens is 604 g/mol. The number of nitrogens with zero attached hydrogens (tertiary/aromatic N) is 4. The molecule has 2 fully saturated rings. The summed E-state index contributed by atoms with van der Waals surface area (Å²) in [6, 6.07) is 6.31. The van der Waals surface area contributed by atoms with Crippen LogP contribution in [-0.2, 0) is 11.3 Å². The highest BCUT2D eigenvalue weighted by Crippen LogP contribution is 2.33. The number of benzene rings is 1. The number of nitrogens with one attached hydrogen (secondary N) is 2. The van der Waals surface area contributed by atoms with Gasteiger partial charge in [-0.05, 0) is 111 Å². The van der Waals surface area contributed by atoms with Crippen LogP contribution in [0.1, 0.15) is 91.7 Å². The van der Waals surface area contributed by atoms with E-state index in [4.69, 9.17) is 4.74 Å². The Kier molecular flexibility index (Phi) is 12.4. The lowest BCUT2D eigenvalue weighted by molar-refractivity contribution is 0.0183. The van der Waals surface area contributed by atoms with Gasteiger partial charge in [-0.1, -0.05) is 11.8 Å². The minimum absolute atomic E-state index is 0.123. The van der Waals surface area contributed by atoms with Gasteiger partial charge in [-0.3, -0.25) is 14.5 Å². The fourth-order valence-electron chi connectivity index (χ4n) is 6.80. The fraction of sp³-hybridized carbons (Fsp3) is 0.605. The molecule has 10 heteroatoms. The number of carbonyl (C=O) groups is 2. The molecule has 1 aromatic heterocycles. The summed E-state index contributed by atoms with van der Waals surface area (Å²) in [5.41, 5.74) is 4.74. The number of hydrogen-bond donors (Lipinski definition) is 2. The number of pyridine rings is 1. The van der Waals surface area contributed by atoms with Gasteiger partial charge in [0.25, 0.3) is 11.5 Å². The number of amides is 2. The first-order valence-electron chi connectivity index (χ1n) is 17.4. The highest BCUT2D eigenvalue weighted by atomic mass is 16.6. The molecule has 2 aromatic rings. The third kappa shape index (κ3) is 9.64. The van der Waals surface area contributed by atoms with Gasteiger partial charge in [0.1, 0.15) is 5.60 Å². The number of anilines is 1. The van der Waals surface area contributed by atoms with Crippen LogP contribution in [-0.4, -0.2) is 103 Å². The van der Waals surface area contributed by atoms with Gasteiger partial charge in [0.15, 0.2) is 0 Å². The maximum Gasteiger partial charge on any atom is 0.410 e. The summed E-state index contributed by atoms with van der Waals surface area (Å²) in [7, 11) is 3.98. The molecule has 10 nitrogen and oxygen atoms in total. The SMILES string of the molecule is CCN(c1cc(C#CCN2CCN(C)CC2)cc(C(=O)NCc2c(C)cc(C)[nH]c2=O)c1C)[C@H]1CC[C@H](N(C)C(=O)OC(C)(C)C)CC1. The molecule has 0 radical (unpaired) electrons. The molecule has 0 unspecified atom stereocenters. The van der Waals surface area contributed by atoms with E-state index in [-0.39, 0.29) is 36.2 Å². The molecule has 1 aliphatic carbocycles.